The van der Waals surface area contributed by atoms with E-state index in [4.69, 9.17) is 9.47 Å². The van der Waals surface area contributed by atoms with Crippen molar-refractivity contribution in [1.29, 1.82) is 0 Å². The zero-order valence-electron chi connectivity index (χ0n) is 19.6. The van der Waals surface area contributed by atoms with Gasteiger partial charge in [0, 0.05) is 30.5 Å². The number of rotatable bonds is 9. The summed E-state index contributed by atoms with van der Waals surface area (Å²) in [7, 11) is 0. The second-order valence-corrected chi connectivity index (χ2v) is 7.58. The predicted octanol–water partition coefficient (Wildman–Crippen LogP) is 4.87. The van der Waals surface area contributed by atoms with Crippen LogP contribution in [-0.2, 0) is 11.3 Å². The number of benzene rings is 2. The third-order valence-electron chi connectivity index (χ3n) is 5.31. The molecule has 0 amide bonds. The zero-order valence-corrected chi connectivity index (χ0v) is 19.6. The van der Waals surface area contributed by atoms with E-state index < -0.39 is 0 Å². The van der Waals surface area contributed by atoms with Gasteiger partial charge in [-0.2, -0.15) is 0 Å². The van der Waals surface area contributed by atoms with E-state index in [2.05, 4.69) is 57.7 Å². The van der Waals surface area contributed by atoms with Gasteiger partial charge in [0.25, 0.3) is 0 Å². The van der Waals surface area contributed by atoms with E-state index in [1.807, 2.05) is 54.6 Å². The smallest absolute Gasteiger partial charge is 0.249 e. The molecule has 2 heterocycles. The molecule has 0 atom stereocenters. The zero-order chi connectivity index (χ0) is 23.6. The number of pyridine rings is 1. The van der Waals surface area contributed by atoms with E-state index in [-0.39, 0.29) is 0 Å². The van der Waals surface area contributed by atoms with Crippen LogP contribution in [-0.4, -0.2) is 41.3 Å². The highest BCUT2D eigenvalue weighted by atomic mass is 16.5. The van der Waals surface area contributed by atoms with Gasteiger partial charge in [0.1, 0.15) is 12.1 Å². The maximum Gasteiger partial charge on any atom is 0.249 e. The van der Waals surface area contributed by atoms with E-state index in [0.29, 0.717) is 42.6 Å². The minimum absolute atomic E-state index is 0.348. The molecule has 0 radical (unpaired) electrons. The third kappa shape index (κ3) is 6.09. The Bertz CT molecular complexity index is 1260. The third-order valence-corrected chi connectivity index (χ3v) is 5.31. The SMILES string of the molecule is CCN(CC)c1ccc(C#Cc2nc3ncccc3nc2OCCOCc2ccccc2)cc1. The molecule has 2 aromatic heterocycles. The Kier molecular flexibility index (Phi) is 8.04. The van der Waals surface area contributed by atoms with Crippen LogP contribution >= 0.6 is 0 Å². The van der Waals surface area contributed by atoms with Gasteiger partial charge in [-0.25, -0.2) is 15.0 Å². The molecule has 0 bridgehead atoms. The summed E-state index contributed by atoms with van der Waals surface area (Å²) in [6.45, 7) is 7.55. The molecule has 0 aliphatic rings. The van der Waals surface area contributed by atoms with E-state index in [1.165, 1.54) is 5.69 Å². The molecule has 34 heavy (non-hydrogen) atoms. The molecular weight excluding hydrogens is 424 g/mol. The summed E-state index contributed by atoms with van der Waals surface area (Å²) in [5, 5.41) is 0. The molecular formula is C28H28N4O2. The van der Waals surface area contributed by atoms with Crippen LogP contribution in [0.5, 0.6) is 5.88 Å². The highest BCUT2D eigenvalue weighted by Gasteiger charge is 2.09. The van der Waals surface area contributed by atoms with Gasteiger partial charge < -0.3 is 14.4 Å². The van der Waals surface area contributed by atoms with Crippen molar-refractivity contribution in [2.75, 3.05) is 31.2 Å². The lowest BCUT2D eigenvalue weighted by molar-refractivity contribution is 0.0873. The maximum atomic E-state index is 5.92. The number of aromatic nitrogens is 3. The first kappa shape index (κ1) is 23.2. The number of hydrogen-bond acceptors (Lipinski definition) is 6. The number of ether oxygens (including phenoxy) is 2. The Morgan fingerprint density at radius 2 is 1.62 bits per heavy atom. The van der Waals surface area contributed by atoms with Gasteiger partial charge in [0.2, 0.25) is 5.88 Å². The first-order chi connectivity index (χ1) is 16.8. The summed E-state index contributed by atoms with van der Waals surface area (Å²) in [4.78, 5) is 15.8. The largest absolute Gasteiger partial charge is 0.473 e. The Morgan fingerprint density at radius 3 is 2.38 bits per heavy atom. The van der Waals surface area contributed by atoms with Crippen LogP contribution in [0.15, 0.2) is 72.9 Å². The van der Waals surface area contributed by atoms with Crippen molar-refractivity contribution in [1.82, 2.24) is 15.0 Å². The standard InChI is InChI=1S/C28H28N4O2/c1-3-32(4-2)24-15-12-22(13-16-24)14-17-26-28(31-25-11-8-18-29-27(25)30-26)34-20-19-33-21-23-9-6-5-7-10-23/h5-13,15-16,18H,3-4,19-21H2,1-2H3. The minimum atomic E-state index is 0.348. The van der Waals surface area contributed by atoms with E-state index in [1.54, 1.807) is 6.20 Å². The van der Waals surface area contributed by atoms with Gasteiger partial charge in [-0.15, -0.1) is 0 Å². The number of fused-ring (bicyclic) bond motifs is 1. The lowest BCUT2D eigenvalue weighted by Gasteiger charge is -2.20. The maximum absolute atomic E-state index is 5.92. The summed E-state index contributed by atoms with van der Waals surface area (Å²) in [5.74, 6) is 6.69. The second-order valence-electron chi connectivity index (χ2n) is 7.58. The van der Waals surface area contributed by atoms with E-state index in [0.717, 1.165) is 24.2 Å². The molecule has 0 fully saturated rings. The van der Waals surface area contributed by atoms with Crippen molar-refractivity contribution in [3.63, 3.8) is 0 Å². The highest BCUT2D eigenvalue weighted by molar-refractivity contribution is 5.71. The van der Waals surface area contributed by atoms with Crippen molar-refractivity contribution in [3.8, 4) is 17.7 Å². The fraction of sp³-hybridized carbons (Fsp3) is 0.250. The molecule has 6 heteroatoms. The summed E-state index contributed by atoms with van der Waals surface area (Å²) >= 11 is 0. The van der Waals surface area contributed by atoms with Crippen molar-refractivity contribution < 1.29 is 9.47 Å². The molecule has 0 unspecified atom stereocenters. The fourth-order valence-electron chi connectivity index (χ4n) is 3.50. The molecule has 4 rings (SSSR count). The molecule has 2 aromatic carbocycles. The molecule has 6 nitrogen and oxygen atoms in total. The van der Waals surface area contributed by atoms with Crippen molar-refractivity contribution >= 4 is 16.9 Å². The van der Waals surface area contributed by atoms with Crippen molar-refractivity contribution in [2.24, 2.45) is 0 Å². The number of hydrogen-bond donors (Lipinski definition) is 0. The average molecular weight is 453 g/mol. The Labute approximate surface area is 200 Å². The molecule has 0 N–H and O–H groups in total. The van der Waals surface area contributed by atoms with Crippen LogP contribution in [0.25, 0.3) is 11.2 Å². The molecule has 0 saturated heterocycles. The van der Waals surface area contributed by atoms with Crippen LogP contribution < -0.4 is 9.64 Å². The molecule has 4 aromatic rings. The van der Waals surface area contributed by atoms with E-state index >= 15 is 0 Å². The highest BCUT2D eigenvalue weighted by Crippen LogP contribution is 2.18. The molecule has 0 aliphatic carbocycles. The van der Waals surface area contributed by atoms with Crippen LogP contribution in [0, 0.1) is 11.8 Å². The topological polar surface area (TPSA) is 60.4 Å². The monoisotopic (exact) mass is 452 g/mol. The van der Waals surface area contributed by atoms with Gasteiger partial charge in [-0.3, -0.25) is 0 Å². The lowest BCUT2D eigenvalue weighted by atomic mass is 10.2. The van der Waals surface area contributed by atoms with Gasteiger partial charge in [0.05, 0.1) is 13.2 Å². The molecule has 172 valence electrons. The fourth-order valence-corrected chi connectivity index (χ4v) is 3.50. The first-order valence-corrected chi connectivity index (χ1v) is 11.5. The van der Waals surface area contributed by atoms with Gasteiger partial charge in [-0.1, -0.05) is 36.3 Å². The summed E-state index contributed by atoms with van der Waals surface area (Å²) in [6.07, 6.45) is 1.69. The normalized spacial score (nSPS) is 10.5. The second kappa shape index (κ2) is 11.8. The molecule has 0 aliphatic heterocycles. The van der Waals surface area contributed by atoms with Crippen molar-refractivity contribution in [2.45, 2.75) is 20.5 Å². The first-order valence-electron chi connectivity index (χ1n) is 11.5. The van der Waals surface area contributed by atoms with Crippen molar-refractivity contribution in [3.05, 3.63) is 89.7 Å². The number of nitrogens with zero attached hydrogens (tertiary/aromatic N) is 4. The summed E-state index contributed by atoms with van der Waals surface area (Å²) in [5.41, 5.74) is 4.87. The molecule has 0 spiro atoms. The average Bonchev–Trinajstić information content (AvgIpc) is 2.89. The van der Waals surface area contributed by atoms with Crippen LogP contribution in [0.1, 0.15) is 30.7 Å². The lowest BCUT2D eigenvalue weighted by Crippen LogP contribution is -2.21. The van der Waals surface area contributed by atoms with Crippen LogP contribution in [0.4, 0.5) is 5.69 Å². The Morgan fingerprint density at radius 1 is 0.824 bits per heavy atom. The predicted molar refractivity (Wildman–Crippen MR) is 135 cm³/mol. The van der Waals surface area contributed by atoms with E-state index in [9.17, 15) is 0 Å². The number of anilines is 1. The van der Waals surface area contributed by atoms with Crippen LogP contribution in [0.2, 0.25) is 0 Å². The van der Waals surface area contributed by atoms with Gasteiger partial charge >= 0.3 is 0 Å². The minimum Gasteiger partial charge on any atom is -0.473 e. The molecule has 0 saturated carbocycles. The Balaban J connectivity index is 1.47. The summed E-state index contributed by atoms with van der Waals surface area (Å²) < 4.78 is 11.6. The van der Waals surface area contributed by atoms with Gasteiger partial charge in [-0.05, 0) is 61.7 Å². The Hall–Kier alpha value is -3.95. The quantitative estimate of drug-likeness (QED) is 0.267. The summed E-state index contributed by atoms with van der Waals surface area (Å²) in [6, 6.07) is 21.9. The van der Waals surface area contributed by atoms with Crippen LogP contribution in [0.3, 0.4) is 0 Å². The van der Waals surface area contributed by atoms with Gasteiger partial charge in [0.15, 0.2) is 11.3 Å².